The number of nitrogens with one attached hydrogen (secondary N) is 2. The first-order chi connectivity index (χ1) is 9.80. The highest BCUT2D eigenvalue weighted by molar-refractivity contribution is 14.0. The zero-order valence-corrected chi connectivity index (χ0v) is 15.6. The van der Waals surface area contributed by atoms with Crippen molar-refractivity contribution in [2.75, 3.05) is 20.1 Å². The smallest absolute Gasteiger partial charge is 0.356 e. The molecule has 0 saturated carbocycles. The number of guanidine groups is 1. The number of benzene rings is 1. The van der Waals surface area contributed by atoms with E-state index in [4.69, 9.17) is 23.2 Å². The zero-order valence-electron chi connectivity index (χ0n) is 11.8. The van der Waals surface area contributed by atoms with Gasteiger partial charge < -0.3 is 10.6 Å². The molecule has 22 heavy (non-hydrogen) atoms. The average Bonchev–Trinajstić information content (AvgIpc) is 2.34. The Balaban J connectivity index is 0.00000441. The van der Waals surface area contributed by atoms with Crippen LogP contribution in [-0.4, -0.2) is 32.3 Å². The summed E-state index contributed by atoms with van der Waals surface area (Å²) in [6.45, 7) is 0.286. The fraction of sp³-hybridized carbons (Fsp3) is 0.462. The summed E-state index contributed by atoms with van der Waals surface area (Å²) in [5.41, 5.74) is 0.936. The van der Waals surface area contributed by atoms with E-state index in [-0.39, 0.29) is 30.5 Å². The molecule has 0 heterocycles. The van der Waals surface area contributed by atoms with Gasteiger partial charge in [-0.1, -0.05) is 23.2 Å². The van der Waals surface area contributed by atoms with E-state index in [1.165, 1.54) is 7.05 Å². The average molecular weight is 470 g/mol. The van der Waals surface area contributed by atoms with Gasteiger partial charge in [0.25, 0.3) is 0 Å². The van der Waals surface area contributed by atoms with Crippen LogP contribution in [0.4, 0.5) is 13.2 Å². The minimum atomic E-state index is -4.18. The Labute approximate surface area is 154 Å². The van der Waals surface area contributed by atoms with E-state index in [0.29, 0.717) is 29.0 Å². The molecule has 0 aliphatic carbocycles. The molecule has 0 radical (unpaired) electrons. The van der Waals surface area contributed by atoms with Crippen molar-refractivity contribution in [2.45, 2.75) is 19.0 Å². The molecule has 0 unspecified atom stereocenters. The van der Waals surface area contributed by atoms with Gasteiger partial charge in [-0.15, -0.1) is 24.0 Å². The predicted molar refractivity (Wildman–Crippen MR) is 95.6 cm³/mol. The highest BCUT2D eigenvalue weighted by atomic mass is 127. The maximum atomic E-state index is 12.0. The van der Waals surface area contributed by atoms with Crippen LogP contribution < -0.4 is 10.6 Å². The quantitative estimate of drug-likeness (QED) is 0.384. The third-order valence-electron chi connectivity index (χ3n) is 2.55. The molecule has 0 fully saturated rings. The van der Waals surface area contributed by atoms with E-state index in [0.717, 1.165) is 5.56 Å². The zero-order chi connectivity index (χ0) is 15.9. The maximum Gasteiger partial charge on any atom is 0.390 e. The van der Waals surface area contributed by atoms with Gasteiger partial charge in [0.05, 0.1) is 6.42 Å². The lowest BCUT2D eigenvalue weighted by Gasteiger charge is -2.13. The lowest BCUT2D eigenvalue weighted by molar-refractivity contribution is -0.132. The number of nitrogens with zero attached hydrogens (tertiary/aromatic N) is 1. The van der Waals surface area contributed by atoms with Crippen LogP contribution in [0.3, 0.4) is 0 Å². The Bertz CT molecular complexity index is 476. The third-order valence-corrected chi connectivity index (χ3v) is 2.99. The Morgan fingerprint density at radius 2 is 1.64 bits per heavy atom. The number of hydrogen-bond acceptors (Lipinski definition) is 1. The van der Waals surface area contributed by atoms with Crippen LogP contribution in [0.2, 0.25) is 10.0 Å². The van der Waals surface area contributed by atoms with Gasteiger partial charge in [0.2, 0.25) is 0 Å². The second kappa shape index (κ2) is 10.4. The monoisotopic (exact) mass is 469 g/mol. The van der Waals surface area contributed by atoms with Crippen LogP contribution in [0.1, 0.15) is 12.0 Å². The van der Waals surface area contributed by atoms with Crippen molar-refractivity contribution in [2.24, 2.45) is 4.99 Å². The van der Waals surface area contributed by atoms with Crippen molar-refractivity contribution in [3.63, 3.8) is 0 Å². The fourth-order valence-corrected chi connectivity index (χ4v) is 2.20. The Hall–Kier alpha value is -0.410. The molecule has 1 rings (SSSR count). The molecule has 0 aromatic heterocycles. The molecular formula is C13H17Cl2F3IN3. The number of halogens is 6. The van der Waals surface area contributed by atoms with Crippen LogP contribution in [0.25, 0.3) is 0 Å². The number of alkyl halides is 3. The van der Waals surface area contributed by atoms with Gasteiger partial charge in [0.1, 0.15) is 0 Å². The van der Waals surface area contributed by atoms with Gasteiger partial charge in [-0.2, -0.15) is 13.2 Å². The van der Waals surface area contributed by atoms with Crippen LogP contribution >= 0.6 is 47.2 Å². The first kappa shape index (κ1) is 21.6. The molecule has 126 valence electrons. The van der Waals surface area contributed by atoms with Crippen LogP contribution in [0.5, 0.6) is 0 Å². The first-order valence-corrected chi connectivity index (χ1v) is 7.02. The third kappa shape index (κ3) is 9.58. The van der Waals surface area contributed by atoms with Crippen molar-refractivity contribution >= 4 is 53.1 Å². The molecule has 0 aliphatic rings. The second-order valence-electron chi connectivity index (χ2n) is 4.32. The molecule has 0 atom stereocenters. The minimum absolute atomic E-state index is 0. The summed E-state index contributed by atoms with van der Waals surface area (Å²) in [4.78, 5) is 3.85. The van der Waals surface area contributed by atoms with E-state index in [1.807, 2.05) is 0 Å². The van der Waals surface area contributed by atoms with E-state index in [9.17, 15) is 13.2 Å². The number of rotatable bonds is 5. The minimum Gasteiger partial charge on any atom is -0.356 e. The molecule has 2 N–H and O–H groups in total. The molecule has 0 amide bonds. The van der Waals surface area contributed by atoms with Crippen LogP contribution in [0, 0.1) is 0 Å². The molecule has 0 spiro atoms. The molecule has 1 aromatic carbocycles. The molecule has 9 heteroatoms. The number of hydrogen-bond donors (Lipinski definition) is 2. The van der Waals surface area contributed by atoms with E-state index >= 15 is 0 Å². The van der Waals surface area contributed by atoms with Gasteiger partial charge in [-0.3, -0.25) is 4.99 Å². The summed E-state index contributed by atoms with van der Waals surface area (Å²) in [5, 5.41) is 6.62. The summed E-state index contributed by atoms with van der Waals surface area (Å²) < 4.78 is 36.1. The van der Waals surface area contributed by atoms with Crippen molar-refractivity contribution < 1.29 is 13.2 Å². The second-order valence-corrected chi connectivity index (χ2v) is 5.19. The molecule has 0 saturated heterocycles. The summed E-state index contributed by atoms with van der Waals surface area (Å²) in [5.74, 6) is 0.326. The molecular weight excluding hydrogens is 453 g/mol. The molecule has 3 nitrogen and oxygen atoms in total. The summed E-state index contributed by atoms with van der Waals surface area (Å²) >= 11 is 11.8. The fourth-order valence-electron chi connectivity index (χ4n) is 1.62. The van der Waals surface area contributed by atoms with Gasteiger partial charge >= 0.3 is 6.18 Å². The maximum absolute atomic E-state index is 12.0. The Kier molecular flexibility index (Phi) is 10.2. The van der Waals surface area contributed by atoms with E-state index in [1.54, 1.807) is 18.2 Å². The highest BCUT2D eigenvalue weighted by Crippen LogP contribution is 2.19. The summed E-state index contributed by atoms with van der Waals surface area (Å²) in [6, 6.07) is 5.21. The topological polar surface area (TPSA) is 36.4 Å². The van der Waals surface area contributed by atoms with Crippen LogP contribution in [-0.2, 0) is 6.42 Å². The summed E-state index contributed by atoms with van der Waals surface area (Å²) in [6.07, 6.45) is -4.46. The van der Waals surface area contributed by atoms with Crippen molar-refractivity contribution in [1.82, 2.24) is 10.6 Å². The first-order valence-electron chi connectivity index (χ1n) is 6.26. The largest absolute Gasteiger partial charge is 0.390 e. The predicted octanol–water partition coefficient (Wildman–Crippen LogP) is 4.27. The van der Waals surface area contributed by atoms with Gasteiger partial charge in [0.15, 0.2) is 5.96 Å². The van der Waals surface area contributed by atoms with E-state index < -0.39 is 12.6 Å². The Morgan fingerprint density at radius 3 is 2.14 bits per heavy atom. The van der Waals surface area contributed by atoms with Crippen molar-refractivity contribution in [3.8, 4) is 0 Å². The molecule has 0 aliphatic heterocycles. The molecule has 1 aromatic rings. The lowest BCUT2D eigenvalue weighted by atomic mass is 10.1. The normalized spacial score (nSPS) is 11.8. The van der Waals surface area contributed by atoms with Gasteiger partial charge in [-0.25, -0.2) is 0 Å². The van der Waals surface area contributed by atoms with Gasteiger partial charge in [-0.05, 0) is 30.2 Å². The van der Waals surface area contributed by atoms with E-state index in [2.05, 4.69) is 15.6 Å². The van der Waals surface area contributed by atoms with Gasteiger partial charge in [0, 0.05) is 30.2 Å². The highest BCUT2D eigenvalue weighted by Gasteiger charge is 2.26. The summed E-state index contributed by atoms with van der Waals surface area (Å²) in [7, 11) is 1.50. The SMILES string of the molecule is CN=C(NCCc1cc(Cl)cc(Cl)c1)NCCC(F)(F)F.I. The van der Waals surface area contributed by atoms with Crippen molar-refractivity contribution in [3.05, 3.63) is 33.8 Å². The Morgan fingerprint density at radius 1 is 1.09 bits per heavy atom. The molecule has 0 bridgehead atoms. The van der Waals surface area contributed by atoms with Crippen molar-refractivity contribution in [1.29, 1.82) is 0 Å². The van der Waals surface area contributed by atoms with Crippen LogP contribution in [0.15, 0.2) is 23.2 Å². The standard InChI is InChI=1S/C13H16Cl2F3N3.HI/c1-19-12(21-5-3-13(16,17)18)20-4-2-9-6-10(14)8-11(15)7-9;/h6-8H,2-5H2,1H3,(H2,19,20,21);1H. The lowest BCUT2D eigenvalue weighted by Crippen LogP contribution is -2.39. The number of aliphatic imine (C=N–C) groups is 1.